The number of aromatic nitrogens is 1. The predicted molar refractivity (Wildman–Crippen MR) is 116 cm³/mol. The van der Waals surface area contributed by atoms with Crippen LogP contribution in [-0.2, 0) is 19.0 Å². The van der Waals surface area contributed by atoms with Gasteiger partial charge in [0.15, 0.2) is 0 Å². The van der Waals surface area contributed by atoms with Crippen molar-refractivity contribution < 1.29 is 13.2 Å². The Hall–Kier alpha value is -2.92. The van der Waals surface area contributed by atoms with Crippen LogP contribution in [0.3, 0.4) is 0 Å². The molecular formula is C25H23F3N2. The summed E-state index contributed by atoms with van der Waals surface area (Å²) in [7, 11) is 0. The van der Waals surface area contributed by atoms with Gasteiger partial charge in [0.2, 0.25) is 0 Å². The Labute approximate surface area is 173 Å². The third kappa shape index (κ3) is 4.46. The molecule has 2 nitrogen and oxygen atoms in total. The lowest BCUT2D eigenvalue weighted by atomic mass is 9.99. The molecule has 0 amide bonds. The van der Waals surface area contributed by atoms with Gasteiger partial charge in [-0.25, -0.2) is 4.98 Å². The van der Waals surface area contributed by atoms with E-state index in [2.05, 4.69) is 17.4 Å². The molecule has 1 heterocycles. The fourth-order valence-electron chi connectivity index (χ4n) is 3.94. The fraction of sp³-hybridized carbons (Fsp3) is 0.240. The van der Waals surface area contributed by atoms with Crippen LogP contribution < -0.4 is 5.32 Å². The van der Waals surface area contributed by atoms with Crippen LogP contribution in [0.2, 0.25) is 0 Å². The van der Waals surface area contributed by atoms with Gasteiger partial charge in [0.25, 0.3) is 0 Å². The molecule has 0 radical (unpaired) electrons. The van der Waals surface area contributed by atoms with E-state index in [0.29, 0.717) is 12.0 Å². The molecule has 154 valence electrons. The van der Waals surface area contributed by atoms with E-state index in [1.165, 1.54) is 17.7 Å². The minimum Gasteiger partial charge on any atom is -0.314 e. The number of pyridine rings is 1. The SMILES string of the molecule is CC(Cc1cccc(C(F)(F)F)c1)NCCc1c2ccccc2nc2ccccc12. The number of halogens is 3. The first-order valence-electron chi connectivity index (χ1n) is 10.1. The third-order valence-corrected chi connectivity index (χ3v) is 5.36. The smallest absolute Gasteiger partial charge is 0.314 e. The Morgan fingerprint density at radius 3 is 2.13 bits per heavy atom. The average molecular weight is 408 g/mol. The zero-order valence-electron chi connectivity index (χ0n) is 16.7. The van der Waals surface area contributed by atoms with Crippen LogP contribution in [-0.4, -0.2) is 17.6 Å². The Balaban J connectivity index is 1.47. The molecule has 0 aliphatic heterocycles. The van der Waals surface area contributed by atoms with Crippen LogP contribution >= 0.6 is 0 Å². The van der Waals surface area contributed by atoms with Gasteiger partial charge in [0.1, 0.15) is 0 Å². The lowest BCUT2D eigenvalue weighted by Crippen LogP contribution is -2.30. The van der Waals surface area contributed by atoms with E-state index in [1.54, 1.807) is 6.07 Å². The van der Waals surface area contributed by atoms with Gasteiger partial charge in [0.05, 0.1) is 16.6 Å². The quantitative estimate of drug-likeness (QED) is 0.386. The van der Waals surface area contributed by atoms with Crippen LogP contribution in [0.25, 0.3) is 21.8 Å². The van der Waals surface area contributed by atoms with Gasteiger partial charge in [-0.2, -0.15) is 13.2 Å². The van der Waals surface area contributed by atoms with Crippen molar-refractivity contribution in [1.29, 1.82) is 0 Å². The van der Waals surface area contributed by atoms with Gasteiger partial charge in [0, 0.05) is 16.8 Å². The van der Waals surface area contributed by atoms with Gasteiger partial charge >= 0.3 is 6.18 Å². The molecular weight excluding hydrogens is 385 g/mol. The van der Waals surface area contributed by atoms with Gasteiger partial charge in [-0.3, -0.25) is 0 Å². The van der Waals surface area contributed by atoms with E-state index in [4.69, 9.17) is 4.98 Å². The number of nitrogens with one attached hydrogen (secondary N) is 1. The lowest BCUT2D eigenvalue weighted by molar-refractivity contribution is -0.137. The molecule has 4 aromatic rings. The highest BCUT2D eigenvalue weighted by Gasteiger charge is 2.30. The summed E-state index contributed by atoms with van der Waals surface area (Å²) in [6, 6.07) is 21.9. The summed E-state index contributed by atoms with van der Waals surface area (Å²) in [5.74, 6) is 0. The van der Waals surface area contributed by atoms with E-state index < -0.39 is 11.7 Å². The van der Waals surface area contributed by atoms with Crippen LogP contribution in [0.5, 0.6) is 0 Å². The summed E-state index contributed by atoms with van der Waals surface area (Å²) in [6.45, 7) is 2.74. The van der Waals surface area contributed by atoms with Crippen molar-refractivity contribution in [3.05, 3.63) is 89.5 Å². The third-order valence-electron chi connectivity index (χ3n) is 5.36. The van der Waals surface area contributed by atoms with Crippen molar-refractivity contribution in [2.24, 2.45) is 0 Å². The molecule has 0 saturated carbocycles. The number of para-hydroxylation sites is 2. The zero-order chi connectivity index (χ0) is 21.1. The second-order valence-corrected chi connectivity index (χ2v) is 7.63. The van der Waals surface area contributed by atoms with Crippen molar-refractivity contribution in [2.75, 3.05) is 6.54 Å². The van der Waals surface area contributed by atoms with Crippen LogP contribution in [0.4, 0.5) is 13.2 Å². The molecule has 5 heteroatoms. The van der Waals surface area contributed by atoms with Crippen LogP contribution in [0.1, 0.15) is 23.6 Å². The van der Waals surface area contributed by atoms with Crippen molar-refractivity contribution in [3.8, 4) is 0 Å². The summed E-state index contributed by atoms with van der Waals surface area (Å²) >= 11 is 0. The van der Waals surface area contributed by atoms with Gasteiger partial charge in [-0.05, 0) is 55.6 Å². The minimum absolute atomic E-state index is 0.0628. The van der Waals surface area contributed by atoms with E-state index >= 15 is 0 Å². The molecule has 0 bridgehead atoms. The Morgan fingerprint density at radius 2 is 1.50 bits per heavy atom. The summed E-state index contributed by atoms with van der Waals surface area (Å²) in [5.41, 5.74) is 3.29. The normalized spacial score (nSPS) is 13.1. The van der Waals surface area contributed by atoms with Crippen molar-refractivity contribution in [2.45, 2.75) is 32.0 Å². The highest BCUT2D eigenvalue weighted by Crippen LogP contribution is 2.30. The summed E-state index contributed by atoms with van der Waals surface area (Å²) in [6.07, 6.45) is -2.95. The second kappa shape index (κ2) is 8.44. The number of nitrogens with zero attached hydrogens (tertiary/aromatic N) is 1. The predicted octanol–water partition coefficient (Wildman–Crippen LogP) is 6.17. The van der Waals surface area contributed by atoms with E-state index in [1.807, 2.05) is 43.3 Å². The van der Waals surface area contributed by atoms with Crippen LogP contribution in [0.15, 0.2) is 72.8 Å². The van der Waals surface area contributed by atoms with E-state index in [9.17, 15) is 13.2 Å². The summed E-state index contributed by atoms with van der Waals surface area (Å²) in [5, 5.41) is 5.75. The highest BCUT2D eigenvalue weighted by atomic mass is 19.4. The monoisotopic (exact) mass is 408 g/mol. The first-order valence-corrected chi connectivity index (χ1v) is 10.1. The number of rotatable bonds is 6. The maximum absolute atomic E-state index is 12.9. The molecule has 0 aliphatic carbocycles. The number of fused-ring (bicyclic) bond motifs is 2. The largest absolute Gasteiger partial charge is 0.416 e. The first-order chi connectivity index (χ1) is 14.4. The Morgan fingerprint density at radius 1 is 0.867 bits per heavy atom. The van der Waals surface area contributed by atoms with Gasteiger partial charge in [-0.15, -0.1) is 0 Å². The maximum atomic E-state index is 12.9. The maximum Gasteiger partial charge on any atom is 0.416 e. The molecule has 1 unspecified atom stereocenters. The van der Waals surface area contributed by atoms with E-state index in [0.717, 1.165) is 40.8 Å². The topological polar surface area (TPSA) is 24.9 Å². The molecule has 1 atom stereocenters. The Bertz CT molecular complexity index is 1110. The number of alkyl halides is 3. The lowest BCUT2D eigenvalue weighted by Gasteiger charge is -2.16. The zero-order valence-corrected chi connectivity index (χ0v) is 16.7. The molecule has 0 aliphatic rings. The van der Waals surface area contributed by atoms with Gasteiger partial charge in [-0.1, -0.05) is 54.6 Å². The molecule has 4 rings (SSSR count). The number of benzene rings is 3. The van der Waals surface area contributed by atoms with Crippen molar-refractivity contribution >= 4 is 21.8 Å². The first kappa shape index (κ1) is 20.4. The molecule has 3 aromatic carbocycles. The molecule has 30 heavy (non-hydrogen) atoms. The molecule has 1 N–H and O–H groups in total. The van der Waals surface area contributed by atoms with Crippen molar-refractivity contribution in [1.82, 2.24) is 10.3 Å². The number of hydrogen-bond acceptors (Lipinski definition) is 2. The molecule has 0 fully saturated rings. The summed E-state index contributed by atoms with van der Waals surface area (Å²) < 4.78 is 38.8. The summed E-state index contributed by atoms with van der Waals surface area (Å²) in [4.78, 5) is 4.75. The number of hydrogen-bond donors (Lipinski definition) is 1. The van der Waals surface area contributed by atoms with Crippen LogP contribution in [0, 0.1) is 0 Å². The van der Waals surface area contributed by atoms with E-state index in [-0.39, 0.29) is 6.04 Å². The molecule has 0 saturated heterocycles. The molecule has 0 spiro atoms. The standard InChI is InChI=1S/C25H23F3N2/c1-17(15-18-7-6-8-19(16-18)25(26,27)28)29-14-13-20-21-9-2-4-11-23(21)30-24-12-5-3-10-22(20)24/h2-12,16-17,29H,13-15H2,1H3. The second-order valence-electron chi connectivity index (χ2n) is 7.63. The Kier molecular flexibility index (Phi) is 5.73. The molecule has 1 aromatic heterocycles. The minimum atomic E-state index is -4.31. The highest BCUT2D eigenvalue weighted by molar-refractivity contribution is 5.97. The average Bonchev–Trinajstić information content (AvgIpc) is 2.73. The van der Waals surface area contributed by atoms with Gasteiger partial charge < -0.3 is 5.32 Å². The fourth-order valence-corrected chi connectivity index (χ4v) is 3.94. The van der Waals surface area contributed by atoms with Crippen molar-refractivity contribution in [3.63, 3.8) is 0 Å².